The zero-order valence-corrected chi connectivity index (χ0v) is 15.8. The van der Waals surface area contributed by atoms with E-state index >= 15 is 0 Å². The minimum atomic E-state index is -0.408. The molecule has 1 amide bonds. The van der Waals surface area contributed by atoms with Crippen molar-refractivity contribution in [2.45, 2.75) is 13.3 Å². The van der Waals surface area contributed by atoms with Crippen molar-refractivity contribution in [1.29, 1.82) is 0 Å². The number of carbonyl (C=O) groups excluding carboxylic acids is 2. The van der Waals surface area contributed by atoms with Gasteiger partial charge in [0.2, 0.25) is 5.91 Å². The van der Waals surface area contributed by atoms with E-state index in [0.717, 1.165) is 5.69 Å². The maximum Gasteiger partial charge on any atom is 0.338 e. The van der Waals surface area contributed by atoms with Crippen LogP contribution in [0.4, 0.5) is 21.6 Å². The molecule has 0 bridgehead atoms. The van der Waals surface area contributed by atoms with E-state index in [1.165, 1.54) is 12.3 Å². The summed E-state index contributed by atoms with van der Waals surface area (Å²) >= 11 is 0. The molecule has 1 heterocycles. The lowest BCUT2D eigenvalue weighted by molar-refractivity contribution is -0.115. The molecular weight excluding hydrogens is 373 g/mol. The second-order valence-electron chi connectivity index (χ2n) is 6.17. The topological polar surface area (TPSA) is 80.3 Å². The highest BCUT2D eigenvalue weighted by atomic mass is 19.1. The fourth-order valence-electron chi connectivity index (χ4n) is 2.61. The van der Waals surface area contributed by atoms with Crippen LogP contribution in [0.25, 0.3) is 0 Å². The second-order valence-corrected chi connectivity index (χ2v) is 6.17. The van der Waals surface area contributed by atoms with Crippen molar-refractivity contribution >= 4 is 29.1 Å². The molecule has 0 fully saturated rings. The number of aromatic nitrogens is 1. The maximum atomic E-state index is 13.6. The van der Waals surface area contributed by atoms with Crippen LogP contribution < -0.4 is 10.6 Å². The van der Waals surface area contributed by atoms with Gasteiger partial charge in [0.25, 0.3) is 0 Å². The third-order valence-electron chi connectivity index (χ3n) is 4.02. The Morgan fingerprint density at radius 2 is 1.72 bits per heavy atom. The predicted molar refractivity (Wildman–Crippen MR) is 109 cm³/mol. The number of pyridine rings is 1. The van der Waals surface area contributed by atoms with Crippen LogP contribution in [0.3, 0.4) is 0 Å². The molecule has 6 nitrogen and oxygen atoms in total. The number of halogens is 1. The number of ether oxygens (including phenoxy) is 1. The Morgan fingerprint density at radius 1 is 1.00 bits per heavy atom. The van der Waals surface area contributed by atoms with Crippen LogP contribution in [0.2, 0.25) is 0 Å². The minimum Gasteiger partial charge on any atom is -0.462 e. The highest BCUT2D eigenvalue weighted by Crippen LogP contribution is 2.18. The molecule has 0 unspecified atom stereocenters. The number of carbonyl (C=O) groups is 2. The van der Waals surface area contributed by atoms with Crippen LogP contribution >= 0.6 is 0 Å². The first kappa shape index (κ1) is 20.0. The summed E-state index contributed by atoms with van der Waals surface area (Å²) in [6, 6.07) is 16.4. The molecule has 7 heteroatoms. The summed E-state index contributed by atoms with van der Waals surface area (Å²) in [4.78, 5) is 28.0. The highest BCUT2D eigenvalue weighted by molar-refractivity contribution is 5.92. The van der Waals surface area contributed by atoms with Gasteiger partial charge >= 0.3 is 5.97 Å². The van der Waals surface area contributed by atoms with Crippen LogP contribution in [0.15, 0.2) is 66.9 Å². The van der Waals surface area contributed by atoms with Crippen molar-refractivity contribution in [2.24, 2.45) is 0 Å². The van der Waals surface area contributed by atoms with E-state index in [1.54, 1.807) is 61.5 Å². The number of amides is 1. The Balaban J connectivity index is 1.56. The molecule has 0 aliphatic heterocycles. The van der Waals surface area contributed by atoms with E-state index in [2.05, 4.69) is 15.6 Å². The van der Waals surface area contributed by atoms with Crippen molar-refractivity contribution < 1.29 is 18.7 Å². The molecule has 1 aromatic heterocycles. The van der Waals surface area contributed by atoms with Crippen LogP contribution in [0, 0.1) is 5.82 Å². The minimum absolute atomic E-state index is 0.0561. The normalized spacial score (nSPS) is 10.3. The number of benzene rings is 2. The molecule has 0 aliphatic rings. The van der Waals surface area contributed by atoms with Crippen LogP contribution in [0.1, 0.15) is 22.8 Å². The number of rotatable bonds is 7. The average Bonchev–Trinajstić information content (AvgIpc) is 2.72. The fraction of sp³-hybridized carbons (Fsp3) is 0.136. The lowest BCUT2D eigenvalue weighted by atomic mass is 10.1. The van der Waals surface area contributed by atoms with Gasteiger partial charge in [-0.25, -0.2) is 14.2 Å². The van der Waals surface area contributed by atoms with E-state index in [1.807, 2.05) is 0 Å². The zero-order valence-electron chi connectivity index (χ0n) is 15.8. The van der Waals surface area contributed by atoms with E-state index in [9.17, 15) is 14.0 Å². The number of anilines is 3. The van der Waals surface area contributed by atoms with Gasteiger partial charge in [0, 0.05) is 5.69 Å². The molecule has 0 saturated carbocycles. The molecule has 0 atom stereocenters. The molecule has 3 aromatic rings. The number of hydrogen-bond donors (Lipinski definition) is 2. The Bertz CT molecular complexity index is 989. The quantitative estimate of drug-likeness (QED) is 0.584. The summed E-state index contributed by atoms with van der Waals surface area (Å²) < 4.78 is 18.6. The lowest BCUT2D eigenvalue weighted by Crippen LogP contribution is -2.15. The smallest absolute Gasteiger partial charge is 0.338 e. The summed E-state index contributed by atoms with van der Waals surface area (Å²) in [7, 11) is 0. The average molecular weight is 393 g/mol. The molecule has 2 N–H and O–H groups in total. The molecule has 3 rings (SSSR count). The SMILES string of the molecule is CCOC(=O)c1ccc(Nc2ccc(NC(=O)Cc3ccccc3F)cn2)cc1. The fourth-order valence-corrected chi connectivity index (χ4v) is 2.61. The first-order valence-corrected chi connectivity index (χ1v) is 9.08. The first-order chi connectivity index (χ1) is 14.0. The van der Waals surface area contributed by atoms with Gasteiger partial charge in [0.1, 0.15) is 11.6 Å². The Kier molecular flexibility index (Phi) is 6.52. The third-order valence-corrected chi connectivity index (χ3v) is 4.02. The van der Waals surface area contributed by atoms with Crippen LogP contribution in [-0.4, -0.2) is 23.5 Å². The van der Waals surface area contributed by atoms with Crippen LogP contribution in [0.5, 0.6) is 0 Å². The Morgan fingerprint density at radius 3 is 2.38 bits per heavy atom. The van der Waals surface area contributed by atoms with Gasteiger partial charge < -0.3 is 15.4 Å². The molecule has 2 aromatic carbocycles. The second kappa shape index (κ2) is 9.45. The van der Waals surface area contributed by atoms with Crippen molar-refractivity contribution in [2.75, 3.05) is 17.2 Å². The molecule has 148 valence electrons. The number of nitrogens with one attached hydrogen (secondary N) is 2. The summed E-state index contributed by atoms with van der Waals surface area (Å²) in [5.41, 5.74) is 2.07. The van der Waals surface area contributed by atoms with E-state index in [0.29, 0.717) is 29.2 Å². The van der Waals surface area contributed by atoms with Crippen LogP contribution in [-0.2, 0) is 16.0 Å². The third kappa shape index (κ3) is 5.62. The van der Waals surface area contributed by atoms with E-state index < -0.39 is 5.82 Å². The predicted octanol–water partition coefficient (Wildman–Crippen LogP) is 4.32. The summed E-state index contributed by atoms with van der Waals surface area (Å²) in [5.74, 6) is -0.532. The van der Waals surface area contributed by atoms with Gasteiger partial charge in [-0.1, -0.05) is 18.2 Å². The maximum absolute atomic E-state index is 13.6. The van der Waals surface area contributed by atoms with E-state index in [-0.39, 0.29) is 18.3 Å². The van der Waals surface area contributed by atoms with Gasteiger partial charge in [-0.15, -0.1) is 0 Å². The molecule has 0 saturated heterocycles. The van der Waals surface area contributed by atoms with Gasteiger partial charge in [-0.2, -0.15) is 0 Å². The lowest BCUT2D eigenvalue weighted by Gasteiger charge is -2.09. The number of nitrogens with zero attached hydrogens (tertiary/aromatic N) is 1. The van der Waals surface area contributed by atoms with Crippen molar-refractivity contribution in [3.05, 3.63) is 83.8 Å². The number of esters is 1. The van der Waals surface area contributed by atoms with Gasteiger partial charge in [-0.3, -0.25) is 4.79 Å². The zero-order chi connectivity index (χ0) is 20.6. The summed E-state index contributed by atoms with van der Waals surface area (Å²) in [6.07, 6.45) is 1.45. The highest BCUT2D eigenvalue weighted by Gasteiger charge is 2.09. The van der Waals surface area contributed by atoms with Gasteiger partial charge in [0.05, 0.1) is 30.5 Å². The molecule has 0 spiro atoms. The standard InChI is InChI=1S/C22H20FN3O3/c1-2-29-22(28)15-7-9-17(10-8-15)25-20-12-11-18(14-24-20)26-21(27)13-16-5-3-4-6-19(16)23/h3-12,14H,2,13H2,1H3,(H,24,25)(H,26,27). The monoisotopic (exact) mass is 393 g/mol. The molecular formula is C22H20FN3O3. The summed E-state index contributed by atoms with van der Waals surface area (Å²) in [5, 5.41) is 5.80. The largest absolute Gasteiger partial charge is 0.462 e. The molecule has 0 aliphatic carbocycles. The molecule has 0 radical (unpaired) electrons. The van der Waals surface area contributed by atoms with Crippen molar-refractivity contribution in [3.8, 4) is 0 Å². The molecule has 29 heavy (non-hydrogen) atoms. The van der Waals surface area contributed by atoms with Crippen molar-refractivity contribution in [3.63, 3.8) is 0 Å². The first-order valence-electron chi connectivity index (χ1n) is 9.08. The number of hydrogen-bond acceptors (Lipinski definition) is 5. The van der Waals surface area contributed by atoms with Gasteiger partial charge in [0.15, 0.2) is 0 Å². The Labute approximate surface area is 167 Å². The van der Waals surface area contributed by atoms with Gasteiger partial charge in [-0.05, 0) is 55.0 Å². The van der Waals surface area contributed by atoms with E-state index in [4.69, 9.17) is 4.74 Å². The summed E-state index contributed by atoms with van der Waals surface area (Å²) in [6.45, 7) is 2.08. The Hall–Kier alpha value is -3.74. The van der Waals surface area contributed by atoms with Crippen molar-refractivity contribution in [1.82, 2.24) is 4.98 Å².